The number of nitrogens with one attached hydrogen (secondary N) is 1. The van der Waals surface area contributed by atoms with Crippen molar-refractivity contribution in [2.24, 2.45) is 5.84 Å². The molecule has 17 heavy (non-hydrogen) atoms. The second-order valence-electron chi connectivity index (χ2n) is 4.05. The van der Waals surface area contributed by atoms with Gasteiger partial charge >= 0.3 is 0 Å². The van der Waals surface area contributed by atoms with Gasteiger partial charge in [-0.15, -0.1) is 11.3 Å². The number of hydrogen-bond acceptors (Lipinski definition) is 3. The van der Waals surface area contributed by atoms with Crippen LogP contribution in [0.1, 0.15) is 26.9 Å². The normalized spacial score (nSPS) is 12.7. The highest BCUT2D eigenvalue weighted by Gasteiger charge is 2.16. The minimum absolute atomic E-state index is 0.0333. The van der Waals surface area contributed by atoms with Crippen molar-refractivity contribution < 1.29 is 0 Å². The van der Waals surface area contributed by atoms with Crippen molar-refractivity contribution in [3.05, 3.63) is 56.2 Å². The second kappa shape index (κ2) is 5.19. The van der Waals surface area contributed by atoms with Crippen LogP contribution in [0.4, 0.5) is 0 Å². The molecule has 1 aromatic carbocycles. The number of thiophene rings is 1. The maximum absolute atomic E-state index is 5.97. The number of hydrogen-bond donors (Lipinski definition) is 2. The summed E-state index contributed by atoms with van der Waals surface area (Å²) < 4.78 is 0. The molecule has 2 aromatic rings. The Labute approximate surface area is 110 Å². The van der Waals surface area contributed by atoms with Gasteiger partial charge in [-0.3, -0.25) is 5.84 Å². The standard InChI is InChI=1S/C13H15ClN2S/c1-8-7-10(14)4-5-11(8)13(16-15)12-6-3-9(2)17-12/h3-7,13,16H,15H2,1-2H3. The quantitative estimate of drug-likeness (QED) is 0.658. The number of hydrazine groups is 1. The first-order valence-electron chi connectivity index (χ1n) is 5.40. The Kier molecular flexibility index (Phi) is 3.84. The first-order chi connectivity index (χ1) is 8.11. The summed E-state index contributed by atoms with van der Waals surface area (Å²) in [7, 11) is 0. The maximum atomic E-state index is 5.97. The molecule has 1 atom stereocenters. The van der Waals surface area contributed by atoms with Crippen LogP contribution in [0, 0.1) is 13.8 Å². The van der Waals surface area contributed by atoms with Gasteiger partial charge in [0.05, 0.1) is 6.04 Å². The fourth-order valence-electron chi connectivity index (χ4n) is 1.90. The van der Waals surface area contributed by atoms with E-state index in [1.165, 1.54) is 15.3 Å². The van der Waals surface area contributed by atoms with E-state index in [-0.39, 0.29) is 6.04 Å². The first kappa shape index (κ1) is 12.6. The van der Waals surface area contributed by atoms with Crippen molar-refractivity contribution in [2.75, 3.05) is 0 Å². The van der Waals surface area contributed by atoms with Crippen LogP contribution < -0.4 is 11.3 Å². The zero-order valence-corrected chi connectivity index (χ0v) is 11.4. The Morgan fingerprint density at radius 3 is 2.53 bits per heavy atom. The molecule has 1 unspecified atom stereocenters. The smallest absolute Gasteiger partial charge is 0.0805 e. The molecule has 1 aromatic heterocycles. The summed E-state index contributed by atoms with van der Waals surface area (Å²) in [4.78, 5) is 2.50. The molecule has 2 nitrogen and oxygen atoms in total. The second-order valence-corrected chi connectivity index (χ2v) is 5.80. The zero-order chi connectivity index (χ0) is 12.4. The lowest BCUT2D eigenvalue weighted by Gasteiger charge is -2.17. The molecule has 1 heterocycles. The number of rotatable bonds is 3. The molecule has 3 N–H and O–H groups in total. The van der Waals surface area contributed by atoms with E-state index < -0.39 is 0 Å². The van der Waals surface area contributed by atoms with Crippen LogP contribution in [-0.2, 0) is 0 Å². The molecule has 2 rings (SSSR count). The van der Waals surface area contributed by atoms with Gasteiger partial charge in [0.1, 0.15) is 0 Å². The summed E-state index contributed by atoms with van der Waals surface area (Å²) in [6.07, 6.45) is 0. The SMILES string of the molecule is Cc1ccc(C(NN)c2ccc(Cl)cc2C)s1. The summed E-state index contributed by atoms with van der Waals surface area (Å²) >= 11 is 7.72. The van der Waals surface area contributed by atoms with Gasteiger partial charge in [0.15, 0.2) is 0 Å². The predicted octanol–water partition coefficient (Wildman–Crippen LogP) is 3.57. The maximum Gasteiger partial charge on any atom is 0.0805 e. The minimum atomic E-state index is 0.0333. The fourth-order valence-corrected chi connectivity index (χ4v) is 3.08. The third kappa shape index (κ3) is 2.69. The summed E-state index contributed by atoms with van der Waals surface area (Å²) in [5.74, 6) is 5.68. The van der Waals surface area contributed by atoms with Gasteiger partial charge in [-0.25, -0.2) is 5.43 Å². The Morgan fingerprint density at radius 2 is 2.00 bits per heavy atom. The average Bonchev–Trinajstić information content (AvgIpc) is 2.69. The van der Waals surface area contributed by atoms with Gasteiger partial charge in [-0.1, -0.05) is 17.7 Å². The monoisotopic (exact) mass is 266 g/mol. The lowest BCUT2D eigenvalue weighted by molar-refractivity contribution is 0.643. The Morgan fingerprint density at radius 1 is 1.24 bits per heavy atom. The van der Waals surface area contributed by atoms with Crippen molar-refractivity contribution in [1.29, 1.82) is 0 Å². The fraction of sp³-hybridized carbons (Fsp3) is 0.231. The predicted molar refractivity (Wildman–Crippen MR) is 74.4 cm³/mol. The molecule has 0 amide bonds. The van der Waals surface area contributed by atoms with Crippen LogP contribution in [-0.4, -0.2) is 0 Å². The van der Waals surface area contributed by atoms with E-state index in [9.17, 15) is 0 Å². The number of aryl methyl sites for hydroxylation is 2. The lowest BCUT2D eigenvalue weighted by atomic mass is 10.0. The molecule has 0 aliphatic rings. The van der Waals surface area contributed by atoms with E-state index in [1.807, 2.05) is 25.1 Å². The molecule has 4 heteroatoms. The summed E-state index contributed by atoms with van der Waals surface area (Å²) in [5.41, 5.74) is 5.19. The molecule has 0 spiro atoms. The number of nitrogens with two attached hydrogens (primary N) is 1. The highest BCUT2D eigenvalue weighted by molar-refractivity contribution is 7.12. The van der Waals surface area contributed by atoms with Gasteiger partial charge in [-0.05, 0) is 49.2 Å². The third-order valence-electron chi connectivity index (χ3n) is 2.76. The number of benzene rings is 1. The van der Waals surface area contributed by atoms with E-state index in [4.69, 9.17) is 17.4 Å². The van der Waals surface area contributed by atoms with Crippen LogP contribution in [0.3, 0.4) is 0 Å². The van der Waals surface area contributed by atoms with Crippen molar-refractivity contribution in [2.45, 2.75) is 19.9 Å². The molecular formula is C13H15ClN2S. The van der Waals surface area contributed by atoms with Crippen molar-refractivity contribution in [3.63, 3.8) is 0 Å². The van der Waals surface area contributed by atoms with E-state index in [2.05, 4.69) is 24.5 Å². The van der Waals surface area contributed by atoms with Crippen LogP contribution in [0.5, 0.6) is 0 Å². The Hall–Kier alpha value is -0.870. The Balaban J connectivity index is 2.42. The minimum Gasteiger partial charge on any atom is -0.271 e. The van der Waals surface area contributed by atoms with Crippen molar-refractivity contribution in [3.8, 4) is 0 Å². The molecule has 0 aliphatic heterocycles. The molecule has 0 radical (unpaired) electrons. The van der Waals surface area contributed by atoms with Crippen LogP contribution >= 0.6 is 22.9 Å². The third-order valence-corrected chi connectivity index (χ3v) is 4.06. The van der Waals surface area contributed by atoms with E-state index in [1.54, 1.807) is 11.3 Å². The van der Waals surface area contributed by atoms with Crippen LogP contribution in [0.2, 0.25) is 5.02 Å². The van der Waals surface area contributed by atoms with Crippen LogP contribution in [0.25, 0.3) is 0 Å². The molecule has 90 valence electrons. The molecule has 0 saturated heterocycles. The highest BCUT2D eigenvalue weighted by atomic mass is 35.5. The van der Waals surface area contributed by atoms with E-state index >= 15 is 0 Å². The largest absolute Gasteiger partial charge is 0.271 e. The lowest BCUT2D eigenvalue weighted by Crippen LogP contribution is -2.28. The molecular weight excluding hydrogens is 252 g/mol. The highest BCUT2D eigenvalue weighted by Crippen LogP contribution is 2.30. The molecule has 0 saturated carbocycles. The van der Waals surface area contributed by atoms with Gasteiger partial charge in [0.25, 0.3) is 0 Å². The summed E-state index contributed by atoms with van der Waals surface area (Å²) in [6.45, 7) is 4.14. The van der Waals surface area contributed by atoms with E-state index in [0.29, 0.717) is 0 Å². The van der Waals surface area contributed by atoms with Crippen molar-refractivity contribution in [1.82, 2.24) is 5.43 Å². The molecule has 0 fully saturated rings. The van der Waals surface area contributed by atoms with E-state index in [0.717, 1.165) is 10.6 Å². The summed E-state index contributed by atoms with van der Waals surface area (Å²) in [6, 6.07) is 10.1. The zero-order valence-electron chi connectivity index (χ0n) is 9.83. The van der Waals surface area contributed by atoms with Gasteiger partial charge in [0.2, 0.25) is 0 Å². The summed E-state index contributed by atoms with van der Waals surface area (Å²) in [5, 5.41) is 0.754. The number of halogens is 1. The average molecular weight is 267 g/mol. The topological polar surface area (TPSA) is 38.0 Å². The van der Waals surface area contributed by atoms with Gasteiger partial charge in [-0.2, -0.15) is 0 Å². The first-order valence-corrected chi connectivity index (χ1v) is 6.60. The van der Waals surface area contributed by atoms with Crippen LogP contribution in [0.15, 0.2) is 30.3 Å². The van der Waals surface area contributed by atoms with Gasteiger partial charge in [0, 0.05) is 14.8 Å². The molecule has 0 bridgehead atoms. The van der Waals surface area contributed by atoms with Gasteiger partial charge < -0.3 is 0 Å². The molecule has 0 aliphatic carbocycles. The Bertz CT molecular complexity index is 522. The van der Waals surface area contributed by atoms with Crippen molar-refractivity contribution >= 4 is 22.9 Å².